The first-order chi connectivity index (χ1) is 13.7. The van der Waals surface area contributed by atoms with Crippen molar-refractivity contribution in [1.29, 1.82) is 0 Å². The van der Waals surface area contributed by atoms with E-state index >= 15 is 0 Å². The van der Waals surface area contributed by atoms with Gasteiger partial charge in [-0.05, 0) is 23.8 Å². The Kier molecular flexibility index (Phi) is 5.88. The molecule has 5 nitrogen and oxygen atoms in total. The zero-order chi connectivity index (χ0) is 19.3. The minimum absolute atomic E-state index is 0.0451. The summed E-state index contributed by atoms with van der Waals surface area (Å²) >= 11 is 0. The van der Waals surface area contributed by atoms with Gasteiger partial charge in [0.2, 0.25) is 5.91 Å². The van der Waals surface area contributed by atoms with Crippen molar-refractivity contribution in [3.05, 3.63) is 65.5 Å². The van der Waals surface area contributed by atoms with Gasteiger partial charge in [0.1, 0.15) is 11.9 Å². The van der Waals surface area contributed by atoms with E-state index in [1.165, 1.54) is 6.07 Å². The van der Waals surface area contributed by atoms with Crippen molar-refractivity contribution in [1.82, 2.24) is 4.90 Å². The second-order valence-electron chi connectivity index (χ2n) is 7.16. The topological polar surface area (TPSA) is 42.0 Å². The number of halogens is 1. The second-order valence-corrected chi connectivity index (χ2v) is 7.16. The van der Waals surface area contributed by atoms with Gasteiger partial charge in [-0.25, -0.2) is 4.39 Å². The molecule has 0 aromatic heterocycles. The van der Waals surface area contributed by atoms with E-state index in [2.05, 4.69) is 17.0 Å². The molecule has 0 saturated carbocycles. The van der Waals surface area contributed by atoms with E-state index in [4.69, 9.17) is 9.47 Å². The van der Waals surface area contributed by atoms with Crippen LogP contribution >= 0.6 is 0 Å². The number of hydrogen-bond acceptors (Lipinski definition) is 4. The molecular formula is C22H25FN2O3. The first-order valence-corrected chi connectivity index (χ1v) is 9.76. The molecule has 4 rings (SSSR count). The van der Waals surface area contributed by atoms with Gasteiger partial charge >= 0.3 is 0 Å². The maximum atomic E-state index is 14.0. The fraction of sp³-hybridized carbons (Fsp3) is 0.409. The summed E-state index contributed by atoms with van der Waals surface area (Å²) in [6.07, 6.45) is -0.0736. The first kappa shape index (κ1) is 18.9. The maximum absolute atomic E-state index is 14.0. The summed E-state index contributed by atoms with van der Waals surface area (Å²) < 4.78 is 25.1. The average Bonchev–Trinajstić information content (AvgIpc) is 2.75. The SMILES string of the molecule is O=C(Cc1ccc(N2CCOCC2)cc1)N1CCOC(c2ccccc2F)C1. The number of carbonyl (C=O) groups excluding carboxylic acids is 1. The molecule has 6 heteroatoms. The maximum Gasteiger partial charge on any atom is 0.227 e. The number of carbonyl (C=O) groups is 1. The van der Waals surface area contributed by atoms with Crippen LogP contribution in [-0.2, 0) is 20.7 Å². The molecule has 1 unspecified atom stereocenters. The summed E-state index contributed by atoms with van der Waals surface area (Å²) in [5.74, 6) is -0.246. The molecule has 2 fully saturated rings. The van der Waals surface area contributed by atoms with Crippen LogP contribution in [0.5, 0.6) is 0 Å². The van der Waals surface area contributed by atoms with Crippen LogP contribution < -0.4 is 4.90 Å². The van der Waals surface area contributed by atoms with E-state index in [-0.39, 0.29) is 11.7 Å². The van der Waals surface area contributed by atoms with Gasteiger partial charge in [-0.1, -0.05) is 30.3 Å². The monoisotopic (exact) mass is 384 g/mol. The zero-order valence-electron chi connectivity index (χ0n) is 15.9. The average molecular weight is 384 g/mol. The third-order valence-electron chi connectivity index (χ3n) is 5.34. The molecule has 2 aromatic carbocycles. The van der Waals surface area contributed by atoms with Crippen molar-refractivity contribution in [3.63, 3.8) is 0 Å². The number of amides is 1. The van der Waals surface area contributed by atoms with Crippen LogP contribution in [0.15, 0.2) is 48.5 Å². The number of anilines is 1. The van der Waals surface area contributed by atoms with E-state index in [1.54, 1.807) is 23.1 Å². The molecular weight excluding hydrogens is 359 g/mol. The Balaban J connectivity index is 1.37. The van der Waals surface area contributed by atoms with Crippen molar-refractivity contribution < 1.29 is 18.7 Å². The van der Waals surface area contributed by atoms with Gasteiger partial charge in [0, 0.05) is 30.9 Å². The summed E-state index contributed by atoms with van der Waals surface area (Å²) in [6.45, 7) is 4.62. The number of hydrogen-bond donors (Lipinski definition) is 0. The highest BCUT2D eigenvalue weighted by Crippen LogP contribution is 2.25. The van der Waals surface area contributed by atoms with E-state index < -0.39 is 6.10 Å². The van der Waals surface area contributed by atoms with Crippen molar-refractivity contribution >= 4 is 11.6 Å². The largest absolute Gasteiger partial charge is 0.378 e. The Labute approximate surface area is 164 Å². The molecule has 0 radical (unpaired) electrons. The summed E-state index contributed by atoms with van der Waals surface area (Å²) in [5, 5.41) is 0. The lowest BCUT2D eigenvalue weighted by molar-refractivity contribution is -0.138. The van der Waals surface area contributed by atoms with E-state index in [9.17, 15) is 9.18 Å². The van der Waals surface area contributed by atoms with E-state index in [1.807, 2.05) is 12.1 Å². The van der Waals surface area contributed by atoms with Gasteiger partial charge in [0.15, 0.2) is 0 Å². The molecule has 0 aliphatic carbocycles. The molecule has 28 heavy (non-hydrogen) atoms. The normalized spacial score (nSPS) is 20.2. The number of nitrogens with zero attached hydrogens (tertiary/aromatic N) is 2. The fourth-order valence-electron chi connectivity index (χ4n) is 3.73. The predicted octanol–water partition coefficient (Wildman–Crippen LogP) is 2.80. The molecule has 2 heterocycles. The summed E-state index contributed by atoms with van der Waals surface area (Å²) in [4.78, 5) is 16.8. The highest BCUT2D eigenvalue weighted by atomic mass is 19.1. The Morgan fingerprint density at radius 2 is 1.75 bits per heavy atom. The standard InChI is InChI=1S/C22H25FN2O3/c23-20-4-2-1-3-19(20)21-16-25(11-14-28-21)22(26)15-17-5-7-18(8-6-17)24-9-12-27-13-10-24/h1-8,21H,9-16H2. The van der Waals surface area contributed by atoms with Crippen LogP contribution in [0.25, 0.3) is 0 Å². The number of benzene rings is 2. The molecule has 2 aromatic rings. The van der Waals surface area contributed by atoms with Gasteiger partial charge in [-0.3, -0.25) is 4.79 Å². The summed E-state index contributed by atoms with van der Waals surface area (Å²) in [7, 11) is 0. The second kappa shape index (κ2) is 8.71. The van der Waals surface area contributed by atoms with Crippen molar-refractivity contribution in [2.75, 3.05) is 50.9 Å². The Hall–Kier alpha value is -2.44. The van der Waals surface area contributed by atoms with Crippen LogP contribution in [0.2, 0.25) is 0 Å². The zero-order valence-corrected chi connectivity index (χ0v) is 15.9. The third kappa shape index (κ3) is 4.34. The minimum atomic E-state index is -0.414. The van der Waals surface area contributed by atoms with Crippen LogP contribution in [-0.4, -0.2) is 56.8 Å². The van der Waals surface area contributed by atoms with Crippen molar-refractivity contribution in [3.8, 4) is 0 Å². The molecule has 2 saturated heterocycles. The highest BCUT2D eigenvalue weighted by molar-refractivity contribution is 5.79. The smallest absolute Gasteiger partial charge is 0.227 e. The lowest BCUT2D eigenvalue weighted by Crippen LogP contribution is -2.43. The Morgan fingerprint density at radius 3 is 2.50 bits per heavy atom. The van der Waals surface area contributed by atoms with E-state index in [0.29, 0.717) is 31.7 Å². The molecule has 0 N–H and O–H groups in total. The molecule has 2 aliphatic heterocycles. The third-order valence-corrected chi connectivity index (χ3v) is 5.34. The highest BCUT2D eigenvalue weighted by Gasteiger charge is 2.27. The molecule has 1 amide bonds. The van der Waals surface area contributed by atoms with Crippen molar-refractivity contribution in [2.45, 2.75) is 12.5 Å². The van der Waals surface area contributed by atoms with Crippen LogP contribution in [0.3, 0.4) is 0 Å². The number of morpholine rings is 2. The molecule has 148 valence electrons. The van der Waals surface area contributed by atoms with Gasteiger partial charge < -0.3 is 19.3 Å². The van der Waals surface area contributed by atoms with Gasteiger partial charge in [0.05, 0.1) is 32.8 Å². The summed E-state index contributed by atoms with van der Waals surface area (Å²) in [5.41, 5.74) is 2.65. The van der Waals surface area contributed by atoms with Gasteiger partial charge in [-0.2, -0.15) is 0 Å². The number of rotatable bonds is 4. The lowest BCUT2D eigenvalue weighted by Gasteiger charge is -2.33. The molecule has 2 aliphatic rings. The predicted molar refractivity (Wildman–Crippen MR) is 105 cm³/mol. The lowest BCUT2D eigenvalue weighted by atomic mass is 10.1. The van der Waals surface area contributed by atoms with Crippen LogP contribution in [0.1, 0.15) is 17.2 Å². The van der Waals surface area contributed by atoms with Gasteiger partial charge in [-0.15, -0.1) is 0 Å². The molecule has 0 bridgehead atoms. The van der Waals surface area contributed by atoms with Crippen molar-refractivity contribution in [2.24, 2.45) is 0 Å². The van der Waals surface area contributed by atoms with Crippen LogP contribution in [0.4, 0.5) is 10.1 Å². The minimum Gasteiger partial charge on any atom is -0.378 e. The quantitative estimate of drug-likeness (QED) is 0.813. The van der Waals surface area contributed by atoms with E-state index in [0.717, 1.165) is 37.6 Å². The molecule has 1 atom stereocenters. The summed E-state index contributed by atoms with van der Waals surface area (Å²) in [6, 6.07) is 14.7. The number of ether oxygens (including phenoxy) is 2. The fourth-order valence-corrected chi connectivity index (χ4v) is 3.73. The first-order valence-electron chi connectivity index (χ1n) is 9.76. The Bertz CT molecular complexity index is 806. The van der Waals surface area contributed by atoms with Crippen LogP contribution in [0, 0.1) is 5.82 Å². The van der Waals surface area contributed by atoms with Gasteiger partial charge in [0.25, 0.3) is 0 Å². The Morgan fingerprint density at radius 1 is 1.00 bits per heavy atom. The molecule has 0 spiro atoms.